The van der Waals surface area contributed by atoms with Crippen LogP contribution in [0.25, 0.3) is 0 Å². The van der Waals surface area contributed by atoms with Gasteiger partial charge in [0.25, 0.3) is 17.7 Å². The van der Waals surface area contributed by atoms with E-state index in [1.54, 1.807) is 17.0 Å². The van der Waals surface area contributed by atoms with Gasteiger partial charge in [-0.15, -0.1) is 0 Å². The maximum atomic E-state index is 12.7. The predicted molar refractivity (Wildman–Crippen MR) is 102 cm³/mol. The van der Waals surface area contributed by atoms with Gasteiger partial charge in [0.2, 0.25) is 0 Å². The maximum absolute atomic E-state index is 12.7. The summed E-state index contributed by atoms with van der Waals surface area (Å²) in [6, 6.07) is 3.12. The average Bonchev–Trinajstić information content (AvgIpc) is 2.95. The number of amides is 3. The van der Waals surface area contributed by atoms with Crippen molar-refractivity contribution in [2.45, 2.75) is 13.8 Å². The van der Waals surface area contributed by atoms with Crippen LogP contribution in [0.5, 0.6) is 11.5 Å². The Kier molecular flexibility index (Phi) is 7.00. The van der Waals surface area contributed by atoms with Gasteiger partial charge in [-0.2, -0.15) is 0 Å². The molecular weight excluding hydrogens is 366 g/mol. The van der Waals surface area contributed by atoms with E-state index < -0.39 is 11.8 Å². The number of imide groups is 1. The van der Waals surface area contributed by atoms with Crippen LogP contribution in [0, 0.1) is 0 Å². The Morgan fingerprint density at radius 2 is 1.86 bits per heavy atom. The first-order chi connectivity index (χ1) is 13.4. The summed E-state index contributed by atoms with van der Waals surface area (Å²) in [5, 5.41) is 11.9. The van der Waals surface area contributed by atoms with Gasteiger partial charge in [0.05, 0.1) is 33.1 Å². The molecule has 152 valence electrons. The Morgan fingerprint density at radius 3 is 2.39 bits per heavy atom. The number of nitrogens with zero attached hydrogens (tertiary/aromatic N) is 2. The molecule has 0 aromatic heterocycles. The third-order valence-corrected chi connectivity index (χ3v) is 4.38. The van der Waals surface area contributed by atoms with Crippen LogP contribution < -0.4 is 14.8 Å². The normalized spacial score (nSPS) is 13.5. The number of benzene rings is 1. The molecule has 0 atom stereocenters. The van der Waals surface area contributed by atoms with Crippen molar-refractivity contribution in [3.63, 3.8) is 0 Å². The van der Waals surface area contributed by atoms with Gasteiger partial charge in [-0.05, 0) is 26.0 Å². The van der Waals surface area contributed by atoms with Crippen molar-refractivity contribution in [1.82, 2.24) is 9.80 Å². The molecule has 0 fully saturated rings. The molecule has 2 N–H and O–H groups in total. The minimum atomic E-state index is -0.569. The van der Waals surface area contributed by atoms with Crippen molar-refractivity contribution in [1.29, 1.82) is 0 Å². The van der Waals surface area contributed by atoms with Crippen molar-refractivity contribution >= 4 is 23.4 Å². The van der Waals surface area contributed by atoms with Crippen LogP contribution in [-0.2, 0) is 9.59 Å². The smallest absolute Gasteiger partial charge is 0.277 e. The molecule has 28 heavy (non-hydrogen) atoms. The lowest BCUT2D eigenvalue weighted by Gasteiger charge is -2.21. The fourth-order valence-electron chi connectivity index (χ4n) is 2.93. The van der Waals surface area contributed by atoms with Crippen LogP contribution in [0.3, 0.4) is 0 Å². The molecule has 1 aliphatic heterocycles. The van der Waals surface area contributed by atoms with E-state index in [4.69, 9.17) is 14.6 Å². The molecule has 9 heteroatoms. The van der Waals surface area contributed by atoms with E-state index in [1.807, 2.05) is 13.8 Å². The van der Waals surface area contributed by atoms with Crippen LogP contribution in [0.2, 0.25) is 0 Å². The molecule has 0 unspecified atom stereocenters. The van der Waals surface area contributed by atoms with E-state index in [-0.39, 0.29) is 24.8 Å². The van der Waals surface area contributed by atoms with Gasteiger partial charge in [-0.25, -0.2) is 0 Å². The third-order valence-electron chi connectivity index (χ3n) is 4.38. The molecule has 1 aromatic rings. The van der Waals surface area contributed by atoms with E-state index in [0.29, 0.717) is 35.8 Å². The van der Waals surface area contributed by atoms with E-state index in [2.05, 4.69) is 5.32 Å². The second kappa shape index (κ2) is 9.23. The molecular formula is C19H25N3O6. The zero-order valence-electron chi connectivity index (χ0n) is 16.4. The first kappa shape index (κ1) is 21.2. The monoisotopic (exact) mass is 391 g/mol. The number of carbonyl (C=O) groups is 3. The molecule has 9 nitrogen and oxygen atoms in total. The number of aliphatic hydroxyl groups is 1. The molecule has 3 amide bonds. The minimum Gasteiger partial charge on any atom is -0.493 e. The molecule has 1 heterocycles. The number of rotatable bonds is 9. The van der Waals surface area contributed by atoms with Crippen LogP contribution in [-0.4, -0.2) is 73.1 Å². The number of methoxy groups -OCH3 is 2. The Balaban J connectivity index is 2.44. The zero-order valence-corrected chi connectivity index (χ0v) is 16.4. The molecule has 0 saturated heterocycles. The zero-order chi connectivity index (χ0) is 20.8. The van der Waals surface area contributed by atoms with E-state index in [0.717, 1.165) is 11.0 Å². The highest BCUT2D eigenvalue weighted by Crippen LogP contribution is 2.38. The van der Waals surface area contributed by atoms with Crippen molar-refractivity contribution in [3.05, 3.63) is 29.5 Å². The molecule has 2 rings (SSSR count). The van der Waals surface area contributed by atoms with E-state index >= 15 is 0 Å². The molecule has 0 spiro atoms. The molecule has 0 saturated carbocycles. The van der Waals surface area contributed by atoms with Crippen molar-refractivity contribution < 1.29 is 29.0 Å². The summed E-state index contributed by atoms with van der Waals surface area (Å²) in [5.41, 5.74) is 0.690. The largest absolute Gasteiger partial charge is 0.493 e. The molecule has 0 bridgehead atoms. The lowest BCUT2D eigenvalue weighted by molar-refractivity contribution is -0.137. The highest BCUT2D eigenvalue weighted by Gasteiger charge is 2.31. The Morgan fingerprint density at radius 1 is 1.18 bits per heavy atom. The number of hydrogen-bond acceptors (Lipinski definition) is 7. The van der Waals surface area contributed by atoms with Crippen molar-refractivity contribution in [3.8, 4) is 11.5 Å². The number of carbonyl (C=O) groups excluding carboxylic acids is 3. The lowest BCUT2D eigenvalue weighted by atomic mass is 10.1. The average molecular weight is 391 g/mol. The molecule has 0 aliphatic carbocycles. The summed E-state index contributed by atoms with van der Waals surface area (Å²) in [6.07, 6.45) is 1.14. The summed E-state index contributed by atoms with van der Waals surface area (Å²) >= 11 is 0. The van der Waals surface area contributed by atoms with Gasteiger partial charge in [-0.3, -0.25) is 19.3 Å². The lowest BCUT2D eigenvalue weighted by Crippen LogP contribution is -2.34. The van der Waals surface area contributed by atoms with Crippen LogP contribution in [0.4, 0.5) is 5.69 Å². The Labute approximate surface area is 163 Å². The van der Waals surface area contributed by atoms with Crippen LogP contribution >= 0.6 is 0 Å². The Hall–Kier alpha value is -3.07. The van der Waals surface area contributed by atoms with Crippen molar-refractivity contribution in [2.24, 2.45) is 0 Å². The van der Waals surface area contributed by atoms with Crippen LogP contribution in [0.15, 0.2) is 23.9 Å². The first-order valence-electron chi connectivity index (χ1n) is 8.92. The number of anilines is 1. The topological polar surface area (TPSA) is 108 Å². The second-order valence-corrected chi connectivity index (χ2v) is 5.94. The second-order valence-electron chi connectivity index (χ2n) is 5.94. The highest BCUT2D eigenvalue weighted by atomic mass is 16.5. The summed E-state index contributed by atoms with van der Waals surface area (Å²) in [6.45, 7) is 4.42. The van der Waals surface area contributed by atoms with Crippen LogP contribution in [0.1, 0.15) is 24.2 Å². The van der Waals surface area contributed by atoms with E-state index in [9.17, 15) is 14.4 Å². The quantitative estimate of drug-likeness (QED) is 0.601. The SMILES string of the molecule is CCN(CC)C(=O)c1cc(NC2=CC(=O)N(CCO)C2=O)c(OC)c(OC)c1. The number of nitrogens with one attached hydrogen (secondary N) is 1. The number of aliphatic hydroxyl groups excluding tert-OH is 1. The van der Waals surface area contributed by atoms with E-state index in [1.165, 1.54) is 14.2 Å². The fraction of sp³-hybridized carbons (Fsp3) is 0.421. The van der Waals surface area contributed by atoms with Gasteiger partial charge in [0.15, 0.2) is 11.5 Å². The summed E-state index contributed by atoms with van der Waals surface area (Å²) < 4.78 is 10.7. The summed E-state index contributed by atoms with van der Waals surface area (Å²) in [4.78, 5) is 39.7. The fourth-order valence-corrected chi connectivity index (χ4v) is 2.93. The number of hydrogen-bond donors (Lipinski definition) is 2. The third kappa shape index (κ3) is 4.09. The Bertz CT molecular complexity index is 801. The highest BCUT2D eigenvalue weighted by molar-refractivity contribution is 6.17. The standard InChI is InChI=1S/C19H25N3O6/c1-5-21(6-2)18(25)12-9-13(17(28-4)15(10-12)27-3)20-14-11-16(24)22(7-8-23)19(14)26/h9-11,20,23H,5-8H2,1-4H3. The minimum absolute atomic E-state index is 0.0197. The maximum Gasteiger partial charge on any atom is 0.277 e. The van der Waals surface area contributed by atoms with Gasteiger partial charge < -0.3 is 24.8 Å². The molecule has 1 aliphatic rings. The van der Waals surface area contributed by atoms with Gasteiger partial charge in [0, 0.05) is 24.7 Å². The van der Waals surface area contributed by atoms with Gasteiger partial charge in [0.1, 0.15) is 5.70 Å². The number of β-amino-alcohol motifs (C(OH)–C–C–N with tert-alkyl or cyclic N) is 1. The molecule has 1 aromatic carbocycles. The summed E-state index contributed by atoms with van der Waals surface area (Å²) in [7, 11) is 2.88. The predicted octanol–water partition coefficient (Wildman–Crippen LogP) is 0.843. The first-order valence-corrected chi connectivity index (χ1v) is 8.92. The number of ether oxygens (including phenoxy) is 2. The van der Waals surface area contributed by atoms with Crippen molar-refractivity contribution in [2.75, 3.05) is 45.8 Å². The van der Waals surface area contributed by atoms with Gasteiger partial charge >= 0.3 is 0 Å². The molecule has 0 radical (unpaired) electrons. The van der Waals surface area contributed by atoms with Gasteiger partial charge in [-0.1, -0.05) is 0 Å². The summed E-state index contributed by atoms with van der Waals surface area (Å²) in [5.74, 6) is -0.685.